The predicted octanol–water partition coefficient (Wildman–Crippen LogP) is 4.53. The molecule has 31 heavy (non-hydrogen) atoms. The fourth-order valence-electron chi connectivity index (χ4n) is 3.49. The van der Waals surface area contributed by atoms with Crippen molar-refractivity contribution >= 4 is 17.5 Å². The Morgan fingerprint density at radius 1 is 1.06 bits per heavy atom. The van der Waals surface area contributed by atoms with Crippen LogP contribution in [0.1, 0.15) is 28.4 Å². The van der Waals surface area contributed by atoms with E-state index in [9.17, 15) is 18.4 Å². The largest absolute Gasteiger partial charge is 0.481 e. The van der Waals surface area contributed by atoms with Gasteiger partial charge in [0.05, 0.1) is 5.56 Å². The molecule has 1 aliphatic rings. The van der Waals surface area contributed by atoms with Gasteiger partial charge in [-0.15, -0.1) is 0 Å². The van der Waals surface area contributed by atoms with Gasteiger partial charge in [0.25, 0.3) is 11.8 Å². The molecule has 0 aromatic heterocycles. The van der Waals surface area contributed by atoms with Crippen LogP contribution in [0, 0.1) is 11.6 Å². The zero-order valence-electron chi connectivity index (χ0n) is 16.8. The molecule has 1 atom stereocenters. The third kappa shape index (κ3) is 4.40. The summed E-state index contributed by atoms with van der Waals surface area (Å²) in [4.78, 5) is 26.7. The number of fused-ring (bicyclic) bond motifs is 1. The third-order valence-corrected chi connectivity index (χ3v) is 5.08. The molecule has 0 bridgehead atoms. The predicted molar refractivity (Wildman–Crippen MR) is 112 cm³/mol. The lowest BCUT2D eigenvalue weighted by Gasteiger charge is -2.22. The number of ether oxygens (including phenoxy) is 1. The van der Waals surface area contributed by atoms with E-state index in [0.717, 1.165) is 0 Å². The molecule has 1 aliphatic heterocycles. The minimum Gasteiger partial charge on any atom is -0.481 e. The highest BCUT2D eigenvalue weighted by molar-refractivity contribution is 6.04. The number of carbonyl (C=O) groups is 2. The molecule has 0 fully saturated rings. The van der Waals surface area contributed by atoms with Gasteiger partial charge in [-0.05, 0) is 43.3 Å². The monoisotopic (exact) mass is 422 g/mol. The minimum absolute atomic E-state index is 0.0707. The zero-order valence-corrected chi connectivity index (χ0v) is 16.8. The van der Waals surface area contributed by atoms with Gasteiger partial charge in [0.2, 0.25) is 0 Å². The first-order valence-corrected chi connectivity index (χ1v) is 9.80. The Morgan fingerprint density at radius 2 is 1.77 bits per heavy atom. The number of hydrogen-bond acceptors (Lipinski definition) is 3. The van der Waals surface area contributed by atoms with Crippen LogP contribution < -0.4 is 10.1 Å². The summed E-state index contributed by atoms with van der Waals surface area (Å²) in [5, 5.41) is 2.67. The highest BCUT2D eigenvalue weighted by Gasteiger charge is 2.28. The van der Waals surface area contributed by atoms with Gasteiger partial charge in [-0.25, -0.2) is 8.78 Å². The smallest absolute Gasteiger partial charge is 0.263 e. The van der Waals surface area contributed by atoms with Gasteiger partial charge in [0.15, 0.2) is 6.10 Å². The number of carbonyl (C=O) groups excluding carboxylic acids is 2. The molecule has 0 saturated carbocycles. The molecule has 1 unspecified atom stereocenters. The van der Waals surface area contributed by atoms with E-state index in [2.05, 4.69) is 5.32 Å². The average molecular weight is 422 g/mol. The summed E-state index contributed by atoms with van der Waals surface area (Å²) >= 11 is 0. The summed E-state index contributed by atoms with van der Waals surface area (Å²) in [6, 6.07) is 16.9. The van der Waals surface area contributed by atoms with E-state index in [1.807, 2.05) is 0 Å². The molecule has 0 radical (unpaired) electrons. The Balaban J connectivity index is 1.59. The van der Waals surface area contributed by atoms with Crippen molar-refractivity contribution in [2.75, 3.05) is 5.32 Å². The van der Waals surface area contributed by atoms with Gasteiger partial charge in [0, 0.05) is 29.9 Å². The number of nitrogens with zero attached hydrogens (tertiary/aromatic N) is 1. The van der Waals surface area contributed by atoms with Crippen LogP contribution in [0.15, 0.2) is 66.7 Å². The molecule has 1 heterocycles. The number of rotatable bonds is 4. The maximum Gasteiger partial charge on any atom is 0.263 e. The van der Waals surface area contributed by atoms with Gasteiger partial charge >= 0.3 is 0 Å². The highest BCUT2D eigenvalue weighted by Crippen LogP contribution is 2.30. The maximum atomic E-state index is 14.1. The van der Waals surface area contributed by atoms with Crippen LogP contribution in [0.5, 0.6) is 5.75 Å². The fraction of sp³-hybridized carbons (Fsp3) is 0.167. The Bertz CT molecular complexity index is 1150. The Hall–Kier alpha value is -3.74. The highest BCUT2D eigenvalue weighted by atomic mass is 19.1. The molecule has 0 spiro atoms. The molecule has 158 valence electrons. The van der Waals surface area contributed by atoms with Crippen molar-refractivity contribution in [2.24, 2.45) is 0 Å². The zero-order chi connectivity index (χ0) is 22.0. The van der Waals surface area contributed by atoms with E-state index in [1.54, 1.807) is 49.4 Å². The molecular formula is C24H20F2N2O3. The quantitative estimate of drug-likeness (QED) is 0.672. The van der Waals surface area contributed by atoms with Gasteiger partial charge < -0.3 is 15.0 Å². The van der Waals surface area contributed by atoms with E-state index in [-0.39, 0.29) is 30.4 Å². The lowest BCUT2D eigenvalue weighted by Crippen LogP contribution is -2.37. The fourth-order valence-corrected chi connectivity index (χ4v) is 3.49. The number of benzene rings is 3. The molecule has 1 N–H and O–H groups in total. The van der Waals surface area contributed by atoms with E-state index < -0.39 is 17.8 Å². The van der Waals surface area contributed by atoms with Crippen molar-refractivity contribution in [3.63, 3.8) is 0 Å². The molecular weight excluding hydrogens is 402 g/mol. The molecule has 4 rings (SSSR count). The standard InChI is InChI=1S/C24H20F2N2O3/c1-15-24(30)28(13-16-6-2-4-8-20(16)25)14-17-12-18(10-11-22(17)31-15)27-23(29)19-7-3-5-9-21(19)26/h2-12,15H,13-14H2,1H3,(H,27,29). The van der Waals surface area contributed by atoms with Crippen LogP contribution in [0.3, 0.4) is 0 Å². The number of hydrogen-bond donors (Lipinski definition) is 1. The SMILES string of the molecule is CC1Oc2ccc(NC(=O)c3ccccc3F)cc2CN(Cc2ccccc2F)C1=O. The second-order valence-corrected chi connectivity index (χ2v) is 7.30. The maximum absolute atomic E-state index is 14.1. The Kier molecular flexibility index (Phi) is 5.66. The van der Waals surface area contributed by atoms with Crippen LogP contribution in [0.25, 0.3) is 0 Å². The molecule has 3 aromatic carbocycles. The van der Waals surface area contributed by atoms with Crippen LogP contribution in [-0.4, -0.2) is 22.8 Å². The number of amides is 2. The number of halogens is 2. The topological polar surface area (TPSA) is 58.6 Å². The van der Waals surface area contributed by atoms with Crippen molar-refractivity contribution in [3.8, 4) is 5.75 Å². The van der Waals surface area contributed by atoms with Crippen molar-refractivity contribution < 1.29 is 23.1 Å². The van der Waals surface area contributed by atoms with E-state index in [4.69, 9.17) is 4.74 Å². The van der Waals surface area contributed by atoms with Crippen LogP contribution in [0.2, 0.25) is 0 Å². The van der Waals surface area contributed by atoms with E-state index >= 15 is 0 Å². The summed E-state index contributed by atoms with van der Waals surface area (Å²) in [6.07, 6.45) is -0.744. The first kappa shape index (κ1) is 20.5. The molecule has 0 aliphatic carbocycles. The summed E-state index contributed by atoms with van der Waals surface area (Å²) in [7, 11) is 0. The second kappa shape index (κ2) is 8.55. The van der Waals surface area contributed by atoms with Crippen LogP contribution in [-0.2, 0) is 17.9 Å². The van der Waals surface area contributed by atoms with Crippen molar-refractivity contribution in [1.82, 2.24) is 4.90 Å². The molecule has 3 aromatic rings. The normalized spacial score (nSPS) is 15.6. The van der Waals surface area contributed by atoms with Gasteiger partial charge in [-0.2, -0.15) is 0 Å². The van der Waals surface area contributed by atoms with Crippen LogP contribution >= 0.6 is 0 Å². The van der Waals surface area contributed by atoms with Gasteiger partial charge in [-0.1, -0.05) is 30.3 Å². The average Bonchev–Trinajstić information content (AvgIpc) is 2.86. The van der Waals surface area contributed by atoms with Crippen molar-refractivity contribution in [2.45, 2.75) is 26.1 Å². The summed E-state index contributed by atoms with van der Waals surface area (Å²) in [6.45, 7) is 1.90. The lowest BCUT2D eigenvalue weighted by molar-refractivity contribution is -0.138. The third-order valence-electron chi connectivity index (χ3n) is 5.08. The first-order valence-electron chi connectivity index (χ1n) is 9.80. The van der Waals surface area contributed by atoms with Crippen molar-refractivity contribution in [1.29, 1.82) is 0 Å². The lowest BCUT2D eigenvalue weighted by atomic mass is 10.1. The van der Waals surface area contributed by atoms with Gasteiger partial charge in [0.1, 0.15) is 17.4 Å². The molecule has 7 heteroatoms. The Morgan fingerprint density at radius 3 is 2.52 bits per heavy atom. The minimum atomic E-state index is -0.744. The summed E-state index contributed by atoms with van der Waals surface area (Å²) in [5.74, 6) is -1.36. The van der Waals surface area contributed by atoms with Crippen molar-refractivity contribution in [3.05, 3.63) is 95.1 Å². The molecule has 5 nitrogen and oxygen atoms in total. The molecule has 2 amide bonds. The Labute approximate surface area is 178 Å². The van der Waals surface area contributed by atoms with E-state index in [1.165, 1.54) is 29.2 Å². The van der Waals surface area contributed by atoms with Crippen LogP contribution in [0.4, 0.5) is 14.5 Å². The van der Waals surface area contributed by atoms with Gasteiger partial charge in [-0.3, -0.25) is 9.59 Å². The summed E-state index contributed by atoms with van der Waals surface area (Å²) in [5.41, 5.74) is 1.41. The van der Waals surface area contributed by atoms with E-state index in [0.29, 0.717) is 22.6 Å². The second-order valence-electron chi connectivity index (χ2n) is 7.30. The number of nitrogens with one attached hydrogen (secondary N) is 1. The summed E-state index contributed by atoms with van der Waals surface area (Å²) < 4.78 is 33.8. The first-order chi connectivity index (χ1) is 14.9. The molecule has 0 saturated heterocycles. The number of anilines is 1.